The zero-order valence-electron chi connectivity index (χ0n) is 15.5. The third kappa shape index (κ3) is 5.67. The Balaban J connectivity index is 1.75. The molecule has 0 aliphatic heterocycles. The largest absolute Gasteiger partial charge is 0.496 e. The minimum atomic E-state index is -2.51. The maximum absolute atomic E-state index is 12.6. The number of nitrogens with one attached hydrogen (secondary N) is 1. The summed E-state index contributed by atoms with van der Waals surface area (Å²) in [4.78, 5) is 11.6. The maximum Gasteiger partial charge on any atom is 0.289 e. The van der Waals surface area contributed by atoms with E-state index in [1.807, 2.05) is 6.07 Å². The number of hydrogen-bond acceptors (Lipinski definition) is 7. The fraction of sp³-hybridized carbons (Fsp3) is 0.222. The molecule has 2 aromatic carbocycles. The van der Waals surface area contributed by atoms with Gasteiger partial charge >= 0.3 is 0 Å². The number of alkyl halides is 2. The van der Waals surface area contributed by atoms with Gasteiger partial charge in [-0.05, 0) is 46.3 Å². The number of halogens is 2. The molecule has 152 valence electrons. The number of aromatic nitrogens is 4. The molecule has 0 spiro atoms. The number of tetrazole rings is 1. The van der Waals surface area contributed by atoms with Crippen molar-refractivity contribution < 1.29 is 18.3 Å². The lowest BCUT2D eigenvalue weighted by Gasteiger charge is -2.10. The number of benzene rings is 2. The number of methoxy groups -OCH3 is 1. The van der Waals surface area contributed by atoms with Crippen LogP contribution >= 0.6 is 23.5 Å². The molecule has 29 heavy (non-hydrogen) atoms. The van der Waals surface area contributed by atoms with Crippen molar-refractivity contribution in [2.45, 2.75) is 28.5 Å². The zero-order valence-corrected chi connectivity index (χ0v) is 17.1. The molecule has 0 aliphatic rings. The van der Waals surface area contributed by atoms with Crippen molar-refractivity contribution >= 4 is 35.1 Å². The summed E-state index contributed by atoms with van der Waals surface area (Å²) in [6.45, 7) is 1.43. The van der Waals surface area contributed by atoms with Crippen LogP contribution in [-0.2, 0) is 10.5 Å². The molecular weight excluding hydrogens is 420 g/mol. The van der Waals surface area contributed by atoms with E-state index in [2.05, 4.69) is 20.8 Å². The van der Waals surface area contributed by atoms with E-state index in [4.69, 9.17) is 4.74 Å². The summed E-state index contributed by atoms with van der Waals surface area (Å²) < 4.78 is 32.0. The highest BCUT2D eigenvalue weighted by Crippen LogP contribution is 2.35. The number of ether oxygens (including phenoxy) is 1. The van der Waals surface area contributed by atoms with Crippen molar-refractivity contribution in [1.29, 1.82) is 0 Å². The van der Waals surface area contributed by atoms with E-state index in [1.165, 1.54) is 25.8 Å². The molecule has 0 radical (unpaired) electrons. The van der Waals surface area contributed by atoms with Gasteiger partial charge in [0.25, 0.3) is 5.76 Å². The fourth-order valence-electron chi connectivity index (χ4n) is 2.49. The van der Waals surface area contributed by atoms with E-state index in [0.717, 1.165) is 5.56 Å². The van der Waals surface area contributed by atoms with Crippen LogP contribution in [0.4, 0.5) is 14.5 Å². The molecule has 0 unspecified atom stereocenters. The molecule has 7 nitrogen and oxygen atoms in total. The Kier molecular flexibility index (Phi) is 7.04. The lowest BCUT2D eigenvalue weighted by molar-refractivity contribution is -0.114. The number of anilines is 1. The van der Waals surface area contributed by atoms with Gasteiger partial charge in [-0.3, -0.25) is 4.79 Å². The minimum Gasteiger partial charge on any atom is -0.496 e. The minimum absolute atomic E-state index is 0.170. The molecule has 3 aromatic rings. The van der Waals surface area contributed by atoms with Gasteiger partial charge in [0.15, 0.2) is 0 Å². The van der Waals surface area contributed by atoms with E-state index in [9.17, 15) is 13.6 Å². The summed E-state index contributed by atoms with van der Waals surface area (Å²) in [5.41, 5.74) is 2.22. The molecule has 1 amide bonds. The van der Waals surface area contributed by atoms with Crippen molar-refractivity contribution in [1.82, 2.24) is 20.2 Å². The molecule has 1 heterocycles. The second-order valence-electron chi connectivity index (χ2n) is 5.76. The molecule has 0 atom stereocenters. The Morgan fingerprint density at radius 3 is 2.83 bits per heavy atom. The average molecular weight is 437 g/mol. The van der Waals surface area contributed by atoms with Crippen molar-refractivity contribution in [2.75, 3.05) is 12.4 Å². The zero-order chi connectivity index (χ0) is 20.8. The van der Waals surface area contributed by atoms with Gasteiger partial charge in [0.1, 0.15) is 5.75 Å². The molecule has 1 aromatic heterocycles. The number of carbonyl (C=O) groups excluding carboxylic acids is 1. The molecule has 3 rings (SSSR count). The Labute approximate surface area is 174 Å². The van der Waals surface area contributed by atoms with Crippen LogP contribution in [0.3, 0.4) is 0 Å². The maximum atomic E-state index is 12.6. The summed E-state index contributed by atoms with van der Waals surface area (Å²) >= 11 is 1.84. The monoisotopic (exact) mass is 437 g/mol. The number of hydrogen-bond donors (Lipinski definition) is 1. The van der Waals surface area contributed by atoms with Gasteiger partial charge < -0.3 is 10.1 Å². The average Bonchev–Trinajstić information content (AvgIpc) is 3.15. The SMILES string of the molecule is COc1cc(CSc2nnnn2-c2cccc(NC(C)=O)c2)ccc1SC(F)F. The number of nitrogens with zero attached hydrogens (tertiary/aromatic N) is 4. The first-order chi connectivity index (χ1) is 14.0. The second kappa shape index (κ2) is 9.70. The third-order valence-electron chi connectivity index (χ3n) is 3.66. The molecule has 0 bridgehead atoms. The van der Waals surface area contributed by atoms with Gasteiger partial charge in [-0.2, -0.15) is 13.5 Å². The lowest BCUT2D eigenvalue weighted by atomic mass is 10.2. The van der Waals surface area contributed by atoms with Gasteiger partial charge in [-0.1, -0.05) is 35.7 Å². The van der Waals surface area contributed by atoms with Crippen molar-refractivity contribution in [3.05, 3.63) is 48.0 Å². The van der Waals surface area contributed by atoms with Crippen molar-refractivity contribution in [3.63, 3.8) is 0 Å². The number of amides is 1. The first-order valence-corrected chi connectivity index (χ1v) is 10.2. The predicted molar refractivity (Wildman–Crippen MR) is 108 cm³/mol. The standard InChI is InChI=1S/C18H17F2N5O2S2/c1-11(26)21-13-4-3-5-14(9-13)25-18(22-23-24-25)28-10-12-6-7-16(29-17(19)20)15(8-12)27-2/h3-9,17H,10H2,1-2H3,(H,21,26). The molecule has 0 saturated heterocycles. The summed E-state index contributed by atoms with van der Waals surface area (Å²) in [5.74, 6) is -1.77. The quantitative estimate of drug-likeness (QED) is 0.528. The van der Waals surface area contributed by atoms with Crippen LogP contribution in [-0.4, -0.2) is 39.0 Å². The van der Waals surface area contributed by atoms with Gasteiger partial charge in [-0.25, -0.2) is 0 Å². The molecule has 0 saturated carbocycles. The van der Waals surface area contributed by atoms with E-state index in [-0.39, 0.29) is 5.91 Å². The van der Waals surface area contributed by atoms with E-state index >= 15 is 0 Å². The van der Waals surface area contributed by atoms with E-state index in [0.29, 0.717) is 44.7 Å². The second-order valence-corrected chi connectivity index (χ2v) is 7.73. The van der Waals surface area contributed by atoms with Crippen molar-refractivity contribution in [3.8, 4) is 11.4 Å². The predicted octanol–water partition coefficient (Wildman–Crippen LogP) is 4.24. The Bertz CT molecular complexity index is 1000. The summed E-state index contributed by atoms with van der Waals surface area (Å²) in [7, 11) is 1.45. The topological polar surface area (TPSA) is 81.9 Å². The van der Waals surface area contributed by atoms with Gasteiger partial charge in [0.2, 0.25) is 11.1 Å². The van der Waals surface area contributed by atoms with Crippen LogP contribution in [0, 0.1) is 0 Å². The Morgan fingerprint density at radius 1 is 1.28 bits per heavy atom. The van der Waals surface area contributed by atoms with E-state index < -0.39 is 5.76 Å². The highest BCUT2D eigenvalue weighted by atomic mass is 32.2. The molecular formula is C18H17F2N5O2S2. The highest BCUT2D eigenvalue weighted by Gasteiger charge is 2.13. The number of rotatable bonds is 8. The Morgan fingerprint density at radius 2 is 2.10 bits per heavy atom. The van der Waals surface area contributed by atoms with Crippen LogP contribution in [0.1, 0.15) is 12.5 Å². The normalized spacial score (nSPS) is 10.9. The number of thioether (sulfide) groups is 2. The fourth-order valence-corrected chi connectivity index (χ4v) is 3.92. The highest BCUT2D eigenvalue weighted by molar-refractivity contribution is 7.99. The first kappa shape index (κ1) is 21.1. The van der Waals surface area contributed by atoms with Crippen LogP contribution in [0.15, 0.2) is 52.5 Å². The van der Waals surface area contributed by atoms with Crippen LogP contribution < -0.4 is 10.1 Å². The van der Waals surface area contributed by atoms with E-state index in [1.54, 1.807) is 41.1 Å². The van der Waals surface area contributed by atoms with Crippen LogP contribution in [0.25, 0.3) is 5.69 Å². The molecule has 0 fully saturated rings. The summed E-state index contributed by atoms with van der Waals surface area (Å²) in [5, 5.41) is 15.0. The summed E-state index contributed by atoms with van der Waals surface area (Å²) in [6.07, 6.45) is 0. The van der Waals surface area contributed by atoms with Gasteiger partial charge in [0.05, 0.1) is 17.7 Å². The smallest absolute Gasteiger partial charge is 0.289 e. The first-order valence-electron chi connectivity index (χ1n) is 8.37. The van der Waals surface area contributed by atoms with Gasteiger partial charge in [-0.15, -0.1) is 5.10 Å². The molecule has 11 heteroatoms. The molecule has 1 N–H and O–H groups in total. The Hall–Kier alpha value is -2.66. The summed E-state index contributed by atoms with van der Waals surface area (Å²) in [6, 6.07) is 12.3. The lowest BCUT2D eigenvalue weighted by Crippen LogP contribution is -2.07. The van der Waals surface area contributed by atoms with Crippen molar-refractivity contribution in [2.24, 2.45) is 0 Å². The van der Waals surface area contributed by atoms with Gasteiger partial charge in [0, 0.05) is 18.4 Å². The van der Waals surface area contributed by atoms with Crippen LogP contribution in [0.5, 0.6) is 5.75 Å². The van der Waals surface area contributed by atoms with Crippen LogP contribution in [0.2, 0.25) is 0 Å². The third-order valence-corrected chi connectivity index (χ3v) is 5.42. The molecule has 0 aliphatic carbocycles. The number of carbonyl (C=O) groups is 1.